The van der Waals surface area contributed by atoms with Crippen molar-refractivity contribution >= 4 is 5.78 Å². The van der Waals surface area contributed by atoms with Gasteiger partial charge in [-0.3, -0.25) is 4.79 Å². The highest BCUT2D eigenvalue weighted by Crippen LogP contribution is 2.37. The van der Waals surface area contributed by atoms with Crippen LogP contribution in [0.2, 0.25) is 0 Å². The van der Waals surface area contributed by atoms with Crippen molar-refractivity contribution in [1.29, 1.82) is 0 Å². The monoisotopic (exact) mass is 448 g/mol. The van der Waals surface area contributed by atoms with E-state index in [0.717, 1.165) is 30.2 Å². The van der Waals surface area contributed by atoms with Crippen molar-refractivity contribution in [1.82, 2.24) is 0 Å². The number of benzene rings is 2. The molecule has 2 aliphatic rings. The van der Waals surface area contributed by atoms with Gasteiger partial charge in [-0.05, 0) is 73.0 Å². The Labute approximate surface area is 200 Å². The molecule has 0 unspecified atom stereocenters. The van der Waals surface area contributed by atoms with Crippen LogP contribution in [0, 0.1) is 30.5 Å². The van der Waals surface area contributed by atoms with Gasteiger partial charge in [-0.25, -0.2) is 4.39 Å². The summed E-state index contributed by atoms with van der Waals surface area (Å²) in [5.41, 5.74) is 3.95. The van der Waals surface area contributed by atoms with Crippen molar-refractivity contribution in [3.8, 4) is 11.1 Å². The minimum Gasteiger partial charge on any atom is -0.294 e. The van der Waals surface area contributed by atoms with Crippen molar-refractivity contribution in [2.24, 2.45) is 17.8 Å². The van der Waals surface area contributed by atoms with E-state index >= 15 is 4.39 Å². The second-order valence-electron chi connectivity index (χ2n) is 11.0. The molecular formula is C31H41FO. The molecule has 178 valence electrons. The molecule has 4 rings (SSSR count). The molecule has 0 atom stereocenters. The number of hydrogen-bond donors (Lipinski definition) is 0. The van der Waals surface area contributed by atoms with Crippen LogP contribution in [0.15, 0.2) is 36.4 Å². The SMILES string of the molecule is CCCC1CCC(CC(=O)c2ccc(-c3ccc(C4CCC(C)CC4)cc3)c(F)c2C)CC1. The lowest BCUT2D eigenvalue weighted by molar-refractivity contribution is 0.0941. The largest absolute Gasteiger partial charge is 0.294 e. The third-order valence-electron chi connectivity index (χ3n) is 8.53. The lowest BCUT2D eigenvalue weighted by atomic mass is 9.77. The Morgan fingerprint density at radius 2 is 1.52 bits per heavy atom. The smallest absolute Gasteiger partial charge is 0.163 e. The van der Waals surface area contributed by atoms with Crippen LogP contribution in [0.1, 0.15) is 112 Å². The molecule has 0 aromatic heterocycles. The lowest BCUT2D eigenvalue weighted by Crippen LogP contribution is -2.18. The van der Waals surface area contributed by atoms with E-state index < -0.39 is 0 Å². The average molecular weight is 449 g/mol. The molecule has 2 aromatic rings. The van der Waals surface area contributed by atoms with Gasteiger partial charge in [0.1, 0.15) is 5.82 Å². The molecule has 33 heavy (non-hydrogen) atoms. The second-order valence-corrected chi connectivity index (χ2v) is 11.0. The Bertz CT molecular complexity index is 928. The molecule has 0 N–H and O–H groups in total. The summed E-state index contributed by atoms with van der Waals surface area (Å²) in [6.45, 7) is 6.36. The van der Waals surface area contributed by atoms with Crippen LogP contribution in [0.3, 0.4) is 0 Å². The lowest BCUT2D eigenvalue weighted by Gasteiger charge is -2.28. The molecule has 2 saturated carbocycles. The van der Waals surface area contributed by atoms with Crippen LogP contribution in [-0.2, 0) is 0 Å². The number of ketones is 1. The van der Waals surface area contributed by atoms with Gasteiger partial charge in [-0.1, -0.05) is 88.8 Å². The van der Waals surface area contributed by atoms with Gasteiger partial charge in [0.05, 0.1) is 0 Å². The number of halogens is 1. The third kappa shape index (κ3) is 5.76. The maximum atomic E-state index is 15.4. The molecule has 0 amide bonds. The summed E-state index contributed by atoms with van der Waals surface area (Å²) in [5, 5.41) is 0. The van der Waals surface area contributed by atoms with Gasteiger partial charge in [-0.2, -0.15) is 0 Å². The van der Waals surface area contributed by atoms with Crippen LogP contribution in [0.25, 0.3) is 11.1 Å². The highest BCUT2D eigenvalue weighted by molar-refractivity contribution is 5.98. The van der Waals surface area contributed by atoms with E-state index in [0.29, 0.717) is 34.9 Å². The first kappa shape index (κ1) is 24.2. The van der Waals surface area contributed by atoms with Crippen LogP contribution < -0.4 is 0 Å². The molecule has 0 radical (unpaired) electrons. The zero-order valence-corrected chi connectivity index (χ0v) is 20.8. The maximum Gasteiger partial charge on any atom is 0.163 e. The number of Topliss-reactive ketones (excluding diaryl/α,β-unsaturated/α-hetero) is 1. The third-order valence-corrected chi connectivity index (χ3v) is 8.53. The van der Waals surface area contributed by atoms with Crippen molar-refractivity contribution in [3.05, 3.63) is 58.9 Å². The summed E-state index contributed by atoms with van der Waals surface area (Å²) >= 11 is 0. The van der Waals surface area contributed by atoms with Crippen LogP contribution in [0.5, 0.6) is 0 Å². The molecule has 0 aliphatic heterocycles. The molecule has 0 bridgehead atoms. The minimum absolute atomic E-state index is 0.110. The molecule has 1 nitrogen and oxygen atoms in total. The predicted molar refractivity (Wildman–Crippen MR) is 136 cm³/mol. The quantitative estimate of drug-likeness (QED) is 0.386. The molecular weight excluding hydrogens is 407 g/mol. The average Bonchev–Trinajstić information content (AvgIpc) is 2.83. The van der Waals surface area contributed by atoms with Crippen molar-refractivity contribution in [3.63, 3.8) is 0 Å². The highest BCUT2D eigenvalue weighted by atomic mass is 19.1. The summed E-state index contributed by atoms with van der Waals surface area (Å²) in [7, 11) is 0. The topological polar surface area (TPSA) is 17.1 Å². The number of carbonyl (C=O) groups excluding carboxylic acids is 1. The molecule has 2 aromatic carbocycles. The second kappa shape index (κ2) is 11.0. The van der Waals surface area contributed by atoms with Crippen LogP contribution in [-0.4, -0.2) is 5.78 Å². The number of carbonyl (C=O) groups is 1. The van der Waals surface area contributed by atoms with Crippen molar-refractivity contribution in [2.75, 3.05) is 0 Å². The van der Waals surface area contributed by atoms with E-state index in [1.165, 1.54) is 56.9 Å². The van der Waals surface area contributed by atoms with Crippen molar-refractivity contribution < 1.29 is 9.18 Å². The first-order valence-electron chi connectivity index (χ1n) is 13.4. The van der Waals surface area contributed by atoms with Gasteiger partial charge in [0, 0.05) is 17.5 Å². The Morgan fingerprint density at radius 3 is 2.15 bits per heavy atom. The van der Waals surface area contributed by atoms with Crippen LogP contribution >= 0.6 is 0 Å². The normalized spacial score (nSPS) is 25.7. The van der Waals surface area contributed by atoms with E-state index in [-0.39, 0.29) is 11.6 Å². The van der Waals surface area contributed by atoms with Gasteiger partial charge >= 0.3 is 0 Å². The van der Waals surface area contributed by atoms with Crippen molar-refractivity contribution in [2.45, 2.75) is 97.3 Å². The van der Waals surface area contributed by atoms with E-state index in [1.807, 2.05) is 12.1 Å². The zero-order chi connectivity index (χ0) is 23.4. The zero-order valence-electron chi connectivity index (χ0n) is 20.8. The fraction of sp³-hybridized carbons (Fsp3) is 0.581. The van der Waals surface area contributed by atoms with Gasteiger partial charge < -0.3 is 0 Å². The molecule has 0 heterocycles. The molecule has 2 aliphatic carbocycles. The molecule has 2 heteroatoms. The van der Waals surface area contributed by atoms with Gasteiger partial charge in [-0.15, -0.1) is 0 Å². The Kier molecular flexibility index (Phi) is 8.04. The fourth-order valence-electron chi connectivity index (χ4n) is 6.24. The fourth-order valence-corrected chi connectivity index (χ4v) is 6.24. The maximum absolute atomic E-state index is 15.4. The first-order chi connectivity index (χ1) is 16.0. The first-order valence-corrected chi connectivity index (χ1v) is 13.4. The molecule has 2 fully saturated rings. The standard InChI is InChI=1S/C31H41FO/c1-4-5-23-8-10-24(11-9-23)20-30(33)28-18-19-29(31(32)22(28)3)27-16-14-26(15-17-27)25-12-6-21(2)7-13-25/h14-19,21,23-25H,4-13,20H2,1-3H3. The Balaban J connectivity index is 1.42. The summed E-state index contributed by atoms with van der Waals surface area (Å²) in [6, 6.07) is 12.1. The highest BCUT2D eigenvalue weighted by Gasteiger charge is 2.25. The van der Waals surface area contributed by atoms with Gasteiger partial charge in [0.25, 0.3) is 0 Å². The van der Waals surface area contributed by atoms with E-state index in [2.05, 4.69) is 38.1 Å². The van der Waals surface area contributed by atoms with Crippen LogP contribution in [0.4, 0.5) is 4.39 Å². The molecule has 0 spiro atoms. The summed E-state index contributed by atoms with van der Waals surface area (Å²) in [5.74, 6) is 2.65. The number of rotatable bonds is 7. The minimum atomic E-state index is -0.244. The van der Waals surface area contributed by atoms with E-state index in [4.69, 9.17) is 0 Å². The Hall–Kier alpha value is -1.96. The summed E-state index contributed by atoms with van der Waals surface area (Å²) in [4.78, 5) is 13.0. The predicted octanol–water partition coefficient (Wildman–Crippen LogP) is 9.27. The summed E-state index contributed by atoms with van der Waals surface area (Å²) in [6.07, 6.45) is 13.0. The van der Waals surface area contributed by atoms with E-state index in [1.54, 1.807) is 6.92 Å². The van der Waals surface area contributed by atoms with E-state index in [9.17, 15) is 4.79 Å². The molecule has 0 saturated heterocycles. The van der Waals surface area contributed by atoms with Gasteiger partial charge in [0.15, 0.2) is 5.78 Å². The summed E-state index contributed by atoms with van der Waals surface area (Å²) < 4.78 is 15.4. The Morgan fingerprint density at radius 1 is 0.879 bits per heavy atom. The van der Waals surface area contributed by atoms with Gasteiger partial charge in [0.2, 0.25) is 0 Å². The number of hydrogen-bond acceptors (Lipinski definition) is 1.